The minimum Gasteiger partial charge on any atom is -0.493 e. The molecule has 0 heterocycles. The van der Waals surface area contributed by atoms with Gasteiger partial charge in [-0.05, 0) is 29.7 Å². The van der Waals surface area contributed by atoms with Gasteiger partial charge >= 0.3 is 5.97 Å². The topological polar surface area (TPSA) is 35.5 Å². The molecule has 0 spiro atoms. The van der Waals surface area contributed by atoms with Crippen LogP contribution >= 0.6 is 0 Å². The molecule has 0 aliphatic carbocycles. The Morgan fingerprint density at radius 1 is 1.00 bits per heavy atom. The quantitative estimate of drug-likeness (QED) is 0.445. The SMILES string of the molecule is CCCC(=O)Oc1ccc(/C=C/c2ccccc2)cc1OC. The lowest BCUT2D eigenvalue weighted by Crippen LogP contribution is -2.07. The van der Waals surface area contributed by atoms with E-state index in [4.69, 9.17) is 9.47 Å². The second kappa shape index (κ2) is 8.03. The first kappa shape index (κ1) is 15.8. The molecule has 0 aliphatic heterocycles. The van der Waals surface area contributed by atoms with Crippen molar-refractivity contribution in [3.05, 3.63) is 59.7 Å². The standard InChI is InChI=1S/C19H20O3/c1-3-7-19(20)22-17-13-12-16(14-18(17)21-2)11-10-15-8-5-4-6-9-15/h4-6,8-14H,3,7H2,1-2H3/b11-10+. The Labute approximate surface area is 131 Å². The van der Waals surface area contributed by atoms with Crippen LogP contribution in [0.1, 0.15) is 30.9 Å². The molecule has 0 saturated carbocycles. The van der Waals surface area contributed by atoms with Crippen LogP contribution in [0.4, 0.5) is 0 Å². The van der Waals surface area contributed by atoms with Crippen LogP contribution in [-0.2, 0) is 4.79 Å². The molecule has 0 fully saturated rings. The summed E-state index contributed by atoms with van der Waals surface area (Å²) in [6, 6.07) is 15.6. The number of benzene rings is 2. The van der Waals surface area contributed by atoms with E-state index in [1.165, 1.54) is 0 Å². The molecule has 2 aromatic carbocycles. The van der Waals surface area contributed by atoms with E-state index in [0.29, 0.717) is 17.9 Å². The minimum absolute atomic E-state index is 0.242. The average Bonchev–Trinajstić information content (AvgIpc) is 2.55. The van der Waals surface area contributed by atoms with Crippen molar-refractivity contribution in [3.8, 4) is 11.5 Å². The zero-order valence-corrected chi connectivity index (χ0v) is 12.9. The second-order valence-corrected chi connectivity index (χ2v) is 4.88. The van der Waals surface area contributed by atoms with Crippen LogP contribution in [0.5, 0.6) is 11.5 Å². The van der Waals surface area contributed by atoms with E-state index in [1.807, 2.05) is 61.5 Å². The van der Waals surface area contributed by atoms with E-state index >= 15 is 0 Å². The summed E-state index contributed by atoms with van der Waals surface area (Å²) >= 11 is 0. The third-order valence-electron chi connectivity index (χ3n) is 3.13. The summed E-state index contributed by atoms with van der Waals surface area (Å²) in [5.41, 5.74) is 2.11. The first-order chi connectivity index (χ1) is 10.7. The lowest BCUT2D eigenvalue weighted by Gasteiger charge is -2.09. The minimum atomic E-state index is -0.242. The van der Waals surface area contributed by atoms with Crippen LogP contribution < -0.4 is 9.47 Å². The summed E-state index contributed by atoms with van der Waals surface area (Å²) in [5, 5.41) is 0. The molecule has 0 unspecified atom stereocenters. The fourth-order valence-corrected chi connectivity index (χ4v) is 2.01. The van der Waals surface area contributed by atoms with E-state index in [2.05, 4.69) is 0 Å². The third kappa shape index (κ3) is 4.48. The Balaban J connectivity index is 2.15. The van der Waals surface area contributed by atoms with Crippen LogP contribution in [0, 0.1) is 0 Å². The van der Waals surface area contributed by atoms with Crippen molar-refractivity contribution in [1.29, 1.82) is 0 Å². The summed E-state index contributed by atoms with van der Waals surface area (Å²) in [5.74, 6) is 0.769. The van der Waals surface area contributed by atoms with Crippen molar-refractivity contribution >= 4 is 18.1 Å². The Morgan fingerprint density at radius 3 is 2.41 bits per heavy atom. The summed E-state index contributed by atoms with van der Waals surface area (Å²) in [6.07, 6.45) is 5.19. The molecule has 0 N–H and O–H groups in total. The maximum atomic E-state index is 11.6. The van der Waals surface area contributed by atoms with Crippen molar-refractivity contribution < 1.29 is 14.3 Å². The van der Waals surface area contributed by atoms with Gasteiger partial charge in [-0.3, -0.25) is 4.79 Å². The molecule has 3 heteroatoms. The third-order valence-corrected chi connectivity index (χ3v) is 3.13. The molecule has 2 aromatic rings. The van der Waals surface area contributed by atoms with Crippen LogP contribution in [0.2, 0.25) is 0 Å². The number of methoxy groups -OCH3 is 1. The van der Waals surface area contributed by atoms with Crippen LogP contribution in [0.3, 0.4) is 0 Å². The number of ether oxygens (including phenoxy) is 2. The van der Waals surface area contributed by atoms with Crippen LogP contribution in [0.25, 0.3) is 12.2 Å². The highest BCUT2D eigenvalue weighted by atomic mass is 16.6. The highest BCUT2D eigenvalue weighted by Crippen LogP contribution is 2.29. The van der Waals surface area contributed by atoms with Gasteiger partial charge in [0.15, 0.2) is 11.5 Å². The van der Waals surface area contributed by atoms with E-state index in [1.54, 1.807) is 13.2 Å². The molecule has 0 aromatic heterocycles. The van der Waals surface area contributed by atoms with Gasteiger partial charge in [0.05, 0.1) is 7.11 Å². The fourth-order valence-electron chi connectivity index (χ4n) is 2.01. The zero-order chi connectivity index (χ0) is 15.8. The number of carbonyl (C=O) groups is 1. The molecular formula is C19H20O3. The Kier molecular flexibility index (Phi) is 5.78. The van der Waals surface area contributed by atoms with Gasteiger partial charge in [0, 0.05) is 6.42 Å². The molecule has 2 rings (SSSR count). The largest absolute Gasteiger partial charge is 0.493 e. The Bertz CT molecular complexity index is 645. The summed E-state index contributed by atoms with van der Waals surface area (Å²) in [7, 11) is 1.57. The molecule has 0 bridgehead atoms. The number of hydrogen-bond acceptors (Lipinski definition) is 3. The van der Waals surface area contributed by atoms with E-state index in [9.17, 15) is 4.79 Å². The van der Waals surface area contributed by atoms with E-state index in [0.717, 1.165) is 17.5 Å². The van der Waals surface area contributed by atoms with Crippen molar-refractivity contribution in [3.63, 3.8) is 0 Å². The molecule has 0 saturated heterocycles. The lowest BCUT2D eigenvalue weighted by atomic mass is 10.1. The van der Waals surface area contributed by atoms with Gasteiger partial charge in [0.2, 0.25) is 0 Å². The van der Waals surface area contributed by atoms with Gasteiger partial charge in [-0.2, -0.15) is 0 Å². The van der Waals surface area contributed by atoms with Gasteiger partial charge in [0.25, 0.3) is 0 Å². The number of rotatable bonds is 6. The van der Waals surface area contributed by atoms with Gasteiger partial charge in [-0.15, -0.1) is 0 Å². The van der Waals surface area contributed by atoms with Crippen molar-refractivity contribution in [2.24, 2.45) is 0 Å². The molecule has 22 heavy (non-hydrogen) atoms. The fraction of sp³-hybridized carbons (Fsp3) is 0.211. The monoisotopic (exact) mass is 296 g/mol. The normalized spacial score (nSPS) is 10.6. The summed E-state index contributed by atoms with van der Waals surface area (Å²) in [6.45, 7) is 1.94. The maximum Gasteiger partial charge on any atom is 0.311 e. The van der Waals surface area contributed by atoms with Crippen LogP contribution in [0.15, 0.2) is 48.5 Å². The predicted octanol–water partition coefficient (Wildman–Crippen LogP) is 4.57. The smallest absolute Gasteiger partial charge is 0.311 e. The first-order valence-electron chi connectivity index (χ1n) is 7.34. The predicted molar refractivity (Wildman–Crippen MR) is 88.9 cm³/mol. The van der Waals surface area contributed by atoms with Crippen molar-refractivity contribution in [2.45, 2.75) is 19.8 Å². The molecule has 0 aliphatic rings. The number of esters is 1. The molecular weight excluding hydrogens is 276 g/mol. The summed E-state index contributed by atoms with van der Waals surface area (Å²) < 4.78 is 10.6. The van der Waals surface area contributed by atoms with Gasteiger partial charge in [-0.25, -0.2) is 0 Å². The Morgan fingerprint density at radius 2 is 1.73 bits per heavy atom. The summed E-state index contributed by atoms with van der Waals surface area (Å²) in [4.78, 5) is 11.6. The zero-order valence-electron chi connectivity index (χ0n) is 12.9. The van der Waals surface area contributed by atoms with Gasteiger partial charge in [0.1, 0.15) is 0 Å². The lowest BCUT2D eigenvalue weighted by molar-refractivity contribution is -0.134. The number of carbonyl (C=O) groups excluding carboxylic acids is 1. The van der Waals surface area contributed by atoms with Crippen molar-refractivity contribution in [2.75, 3.05) is 7.11 Å². The molecule has 3 nitrogen and oxygen atoms in total. The van der Waals surface area contributed by atoms with Gasteiger partial charge < -0.3 is 9.47 Å². The second-order valence-electron chi connectivity index (χ2n) is 4.88. The highest BCUT2D eigenvalue weighted by molar-refractivity contribution is 5.75. The van der Waals surface area contributed by atoms with E-state index < -0.39 is 0 Å². The van der Waals surface area contributed by atoms with Crippen molar-refractivity contribution in [1.82, 2.24) is 0 Å². The Hall–Kier alpha value is -2.55. The average molecular weight is 296 g/mol. The first-order valence-corrected chi connectivity index (χ1v) is 7.34. The molecule has 114 valence electrons. The van der Waals surface area contributed by atoms with Crippen LogP contribution in [-0.4, -0.2) is 13.1 Å². The highest BCUT2D eigenvalue weighted by Gasteiger charge is 2.09. The van der Waals surface area contributed by atoms with Gasteiger partial charge in [-0.1, -0.05) is 55.5 Å². The number of hydrogen-bond donors (Lipinski definition) is 0. The maximum absolute atomic E-state index is 11.6. The molecule has 0 amide bonds. The molecule has 0 atom stereocenters. The molecule has 0 radical (unpaired) electrons. The van der Waals surface area contributed by atoms with E-state index in [-0.39, 0.29) is 5.97 Å².